The van der Waals surface area contributed by atoms with Gasteiger partial charge in [0.15, 0.2) is 0 Å². The molecule has 1 aliphatic carbocycles. The molecule has 0 spiro atoms. The third kappa shape index (κ3) is 5.92. The summed E-state index contributed by atoms with van der Waals surface area (Å²) in [6.07, 6.45) is 1.66. The first-order valence-electron chi connectivity index (χ1n) is 12.2. The van der Waals surface area contributed by atoms with Crippen molar-refractivity contribution in [2.24, 2.45) is 11.8 Å². The third-order valence-electron chi connectivity index (χ3n) is 6.47. The topological polar surface area (TPSA) is 74.1 Å². The summed E-state index contributed by atoms with van der Waals surface area (Å²) < 4.78 is 7.85. The number of hydrogen-bond acceptors (Lipinski definition) is 7. The van der Waals surface area contributed by atoms with Crippen LogP contribution in [0.25, 0.3) is 21.3 Å². The number of rotatable bonds is 6. The Morgan fingerprint density at radius 2 is 1.76 bits per heavy atom. The highest BCUT2D eigenvalue weighted by atomic mass is 35.5. The number of halogens is 1. The Morgan fingerprint density at radius 1 is 1.08 bits per heavy atom. The normalized spacial score (nSPS) is 19.8. The van der Waals surface area contributed by atoms with Gasteiger partial charge in [-0.1, -0.05) is 41.1 Å². The lowest BCUT2D eigenvalue weighted by atomic mass is 9.95. The molecule has 4 aromatic rings. The van der Waals surface area contributed by atoms with Crippen LogP contribution in [0.2, 0.25) is 5.02 Å². The highest BCUT2D eigenvalue weighted by molar-refractivity contribution is 8.00. The fourth-order valence-electron chi connectivity index (χ4n) is 4.78. The van der Waals surface area contributed by atoms with Gasteiger partial charge in [-0.3, -0.25) is 9.59 Å². The first-order valence-corrected chi connectivity index (χ1v) is 14.4. The van der Waals surface area contributed by atoms with E-state index in [0.717, 1.165) is 28.9 Å². The zero-order valence-electron chi connectivity index (χ0n) is 20.9. The second-order valence-electron chi connectivity index (χ2n) is 10.3. The lowest BCUT2D eigenvalue weighted by molar-refractivity contribution is -0.161. The molecule has 5 rings (SSSR count). The molecule has 0 radical (unpaired) electrons. The van der Waals surface area contributed by atoms with Crippen LogP contribution >= 0.6 is 34.7 Å². The van der Waals surface area contributed by atoms with Crippen LogP contribution in [0.5, 0.6) is 0 Å². The van der Waals surface area contributed by atoms with Gasteiger partial charge in [-0.05, 0) is 86.4 Å². The number of fused-ring (bicyclic) bond motifs is 1. The summed E-state index contributed by atoms with van der Waals surface area (Å²) in [6.45, 7) is 5.99. The lowest BCUT2D eigenvalue weighted by Gasteiger charge is -2.28. The molecule has 0 amide bonds. The average molecular weight is 554 g/mol. The average Bonchev–Trinajstić information content (AvgIpc) is 3.48. The third-order valence-corrected chi connectivity index (χ3v) is 8.99. The van der Waals surface area contributed by atoms with Gasteiger partial charge in [-0.25, -0.2) is 4.68 Å². The van der Waals surface area contributed by atoms with Gasteiger partial charge in [0.25, 0.3) is 5.56 Å². The summed E-state index contributed by atoms with van der Waals surface area (Å²) >= 11 is 9.09. The Bertz CT molecular complexity index is 1460. The summed E-state index contributed by atoms with van der Waals surface area (Å²) in [4.78, 5) is 27.5. The Morgan fingerprint density at radius 3 is 2.43 bits per heavy atom. The molecule has 1 fully saturated rings. The van der Waals surface area contributed by atoms with Gasteiger partial charge in [0.2, 0.25) is 0 Å². The molecular formula is C28H28ClN3O3S2. The second kappa shape index (κ2) is 10.6. The number of carbonyl (C=O) groups excluding carboxylic acids is 1. The first-order chi connectivity index (χ1) is 17.7. The number of hydrogen-bond donors (Lipinski definition) is 0. The van der Waals surface area contributed by atoms with Crippen molar-refractivity contribution in [1.82, 2.24) is 15.0 Å². The number of carbonyl (C=O) groups is 1. The summed E-state index contributed by atoms with van der Waals surface area (Å²) in [6, 6.07) is 17.9. The summed E-state index contributed by atoms with van der Waals surface area (Å²) in [5.74, 6) is -0.638. The molecule has 9 heteroatoms. The van der Waals surface area contributed by atoms with Gasteiger partial charge in [0.1, 0.15) is 15.8 Å². The standard InChI is InChI=1S/C28H28ClN3O3S2/c1-28(2,3)35-27(34)24-19(16-32-26(33)25-22(30-31-32)14-15-36-25)8-13-23(24)37-21-11-6-18(7-12-21)17-4-9-20(29)10-5-17/h4-7,9-12,14-15,19,23-24H,8,13,16H2,1-3H3/t19-,23-,24-/m0/s1. The highest BCUT2D eigenvalue weighted by Crippen LogP contribution is 2.44. The molecule has 0 saturated heterocycles. The molecule has 2 heterocycles. The van der Waals surface area contributed by atoms with Crippen LogP contribution in [0.1, 0.15) is 33.6 Å². The number of aromatic nitrogens is 3. The molecule has 1 aliphatic rings. The fourth-order valence-corrected chi connectivity index (χ4v) is 7.05. The molecule has 0 N–H and O–H groups in total. The Hall–Kier alpha value is -2.68. The highest BCUT2D eigenvalue weighted by Gasteiger charge is 2.44. The van der Waals surface area contributed by atoms with Gasteiger partial charge in [0, 0.05) is 15.2 Å². The summed E-state index contributed by atoms with van der Waals surface area (Å²) in [5.41, 5.74) is 2.07. The Labute approximate surface area is 229 Å². The van der Waals surface area contributed by atoms with Crippen LogP contribution in [0.15, 0.2) is 69.7 Å². The van der Waals surface area contributed by atoms with Crippen LogP contribution in [0.3, 0.4) is 0 Å². The molecule has 0 bridgehead atoms. The largest absolute Gasteiger partial charge is 0.460 e. The van der Waals surface area contributed by atoms with Crippen molar-refractivity contribution in [1.29, 1.82) is 0 Å². The summed E-state index contributed by atoms with van der Waals surface area (Å²) in [5, 5.41) is 10.9. The maximum Gasteiger partial charge on any atom is 0.310 e. The molecule has 37 heavy (non-hydrogen) atoms. The van der Waals surface area contributed by atoms with E-state index in [1.807, 2.05) is 50.4 Å². The van der Waals surface area contributed by atoms with Gasteiger partial charge in [-0.2, -0.15) is 0 Å². The van der Waals surface area contributed by atoms with E-state index in [1.165, 1.54) is 16.0 Å². The van der Waals surface area contributed by atoms with Crippen LogP contribution in [0, 0.1) is 11.8 Å². The minimum atomic E-state index is -0.591. The molecule has 1 saturated carbocycles. The van der Waals surface area contributed by atoms with E-state index < -0.39 is 5.60 Å². The van der Waals surface area contributed by atoms with Crippen molar-refractivity contribution < 1.29 is 9.53 Å². The van der Waals surface area contributed by atoms with E-state index in [4.69, 9.17) is 16.3 Å². The van der Waals surface area contributed by atoms with Crippen molar-refractivity contribution in [3.63, 3.8) is 0 Å². The number of nitrogens with zero attached hydrogens (tertiary/aromatic N) is 3. The molecular weight excluding hydrogens is 526 g/mol. The smallest absolute Gasteiger partial charge is 0.310 e. The summed E-state index contributed by atoms with van der Waals surface area (Å²) in [7, 11) is 0. The van der Waals surface area contributed by atoms with Crippen molar-refractivity contribution in [2.75, 3.05) is 0 Å². The molecule has 2 aromatic carbocycles. The number of benzene rings is 2. The molecule has 2 aromatic heterocycles. The van der Waals surface area contributed by atoms with Gasteiger partial charge in [-0.15, -0.1) is 28.2 Å². The quantitative estimate of drug-likeness (QED) is 0.247. The maximum absolute atomic E-state index is 13.4. The van der Waals surface area contributed by atoms with Crippen LogP contribution in [-0.4, -0.2) is 31.8 Å². The van der Waals surface area contributed by atoms with Crippen LogP contribution < -0.4 is 5.56 Å². The van der Waals surface area contributed by atoms with E-state index in [2.05, 4.69) is 34.6 Å². The second-order valence-corrected chi connectivity index (χ2v) is 13.0. The van der Waals surface area contributed by atoms with E-state index >= 15 is 0 Å². The first kappa shape index (κ1) is 25.9. The van der Waals surface area contributed by atoms with Crippen molar-refractivity contribution in [3.8, 4) is 11.1 Å². The fraction of sp³-hybridized carbons (Fsp3) is 0.357. The van der Waals surface area contributed by atoms with Crippen molar-refractivity contribution >= 4 is 50.9 Å². The van der Waals surface area contributed by atoms with E-state index in [0.29, 0.717) is 21.8 Å². The number of thiophene rings is 1. The van der Waals surface area contributed by atoms with Gasteiger partial charge in [0.05, 0.1) is 12.5 Å². The molecule has 192 valence electrons. The van der Waals surface area contributed by atoms with Crippen LogP contribution in [0.4, 0.5) is 0 Å². The zero-order valence-corrected chi connectivity index (χ0v) is 23.3. The lowest BCUT2D eigenvalue weighted by Crippen LogP contribution is -2.37. The number of thioether (sulfide) groups is 1. The Balaban J connectivity index is 1.37. The Kier molecular flexibility index (Phi) is 7.43. The minimum absolute atomic E-state index is 0.0374. The molecule has 3 atom stereocenters. The molecule has 0 unspecified atom stereocenters. The number of esters is 1. The van der Waals surface area contributed by atoms with E-state index in [9.17, 15) is 9.59 Å². The predicted molar refractivity (Wildman–Crippen MR) is 150 cm³/mol. The SMILES string of the molecule is CC(C)(C)OC(=O)[C@H]1[C@H](Cn2nnc3ccsc3c2=O)CC[C@@H]1Sc1ccc(-c2ccc(Cl)cc2)cc1. The van der Waals surface area contributed by atoms with Crippen molar-refractivity contribution in [3.05, 3.63) is 75.4 Å². The molecule has 6 nitrogen and oxygen atoms in total. The zero-order chi connectivity index (χ0) is 26.2. The van der Waals surface area contributed by atoms with Crippen molar-refractivity contribution in [2.45, 2.75) is 55.9 Å². The van der Waals surface area contributed by atoms with Gasteiger partial charge < -0.3 is 4.74 Å². The monoisotopic (exact) mass is 553 g/mol. The molecule has 0 aliphatic heterocycles. The number of ether oxygens (including phenoxy) is 1. The van der Waals surface area contributed by atoms with Crippen LogP contribution in [-0.2, 0) is 16.1 Å². The van der Waals surface area contributed by atoms with Gasteiger partial charge >= 0.3 is 5.97 Å². The minimum Gasteiger partial charge on any atom is -0.460 e. The predicted octanol–water partition coefficient (Wildman–Crippen LogP) is 6.70. The van der Waals surface area contributed by atoms with E-state index in [-0.39, 0.29) is 28.6 Å². The maximum atomic E-state index is 13.4. The van der Waals surface area contributed by atoms with E-state index in [1.54, 1.807) is 17.8 Å².